The molecule has 1 saturated heterocycles. The summed E-state index contributed by atoms with van der Waals surface area (Å²) in [6.45, 7) is 1.06. The molecule has 96 valence electrons. The van der Waals surface area contributed by atoms with E-state index in [1.54, 1.807) is 30.1 Å². The molecule has 0 saturated carbocycles. The largest absolute Gasteiger partial charge is 0.344 e. The topological polar surface area (TPSA) is 75.5 Å². The molecule has 1 amide bonds. The standard InChI is InChI=1S/C12H15N3O3/c1-14-7-6-10(12(14)16)13-8-9-4-2-3-5-11(9)15(17)18/h2-5,10,13H,6-8H2,1H3. The van der Waals surface area contributed by atoms with Crippen molar-refractivity contribution in [3.05, 3.63) is 39.9 Å². The predicted molar refractivity (Wildman–Crippen MR) is 66.0 cm³/mol. The second kappa shape index (κ2) is 5.14. The number of nitrogens with zero attached hydrogens (tertiary/aromatic N) is 2. The molecular formula is C12H15N3O3. The van der Waals surface area contributed by atoms with Crippen LogP contribution in [0.1, 0.15) is 12.0 Å². The summed E-state index contributed by atoms with van der Waals surface area (Å²) >= 11 is 0. The van der Waals surface area contributed by atoms with Crippen molar-refractivity contribution in [3.8, 4) is 0 Å². The fourth-order valence-electron chi connectivity index (χ4n) is 2.08. The second-order valence-electron chi connectivity index (χ2n) is 4.37. The van der Waals surface area contributed by atoms with Gasteiger partial charge in [-0.05, 0) is 6.42 Å². The van der Waals surface area contributed by atoms with E-state index in [1.165, 1.54) is 6.07 Å². The zero-order valence-corrected chi connectivity index (χ0v) is 10.1. The number of nitrogens with one attached hydrogen (secondary N) is 1. The van der Waals surface area contributed by atoms with E-state index < -0.39 is 4.92 Å². The molecule has 0 spiro atoms. The fraction of sp³-hybridized carbons (Fsp3) is 0.417. The summed E-state index contributed by atoms with van der Waals surface area (Å²) in [6, 6.07) is 6.34. The first-order chi connectivity index (χ1) is 8.59. The lowest BCUT2D eigenvalue weighted by Gasteiger charge is -2.12. The second-order valence-corrected chi connectivity index (χ2v) is 4.37. The lowest BCUT2D eigenvalue weighted by atomic mass is 10.1. The van der Waals surface area contributed by atoms with E-state index >= 15 is 0 Å². The molecule has 0 radical (unpaired) electrons. The summed E-state index contributed by atoms with van der Waals surface area (Å²) in [5.74, 6) is 0.0496. The van der Waals surface area contributed by atoms with Crippen LogP contribution in [0.15, 0.2) is 24.3 Å². The van der Waals surface area contributed by atoms with Gasteiger partial charge in [-0.1, -0.05) is 18.2 Å². The number of likely N-dealkylation sites (tertiary alicyclic amines) is 1. The average Bonchev–Trinajstić information content (AvgIpc) is 2.68. The Morgan fingerprint density at radius 2 is 2.22 bits per heavy atom. The molecule has 1 atom stereocenters. The third-order valence-electron chi connectivity index (χ3n) is 3.15. The molecule has 18 heavy (non-hydrogen) atoms. The monoisotopic (exact) mass is 249 g/mol. The Morgan fingerprint density at radius 1 is 1.50 bits per heavy atom. The molecule has 1 aromatic carbocycles. The van der Waals surface area contributed by atoms with Crippen LogP contribution >= 0.6 is 0 Å². The summed E-state index contributed by atoms with van der Waals surface area (Å²) in [5, 5.41) is 13.9. The van der Waals surface area contributed by atoms with Gasteiger partial charge in [-0.15, -0.1) is 0 Å². The summed E-state index contributed by atoms with van der Waals surface area (Å²) in [7, 11) is 1.76. The first-order valence-electron chi connectivity index (χ1n) is 5.80. The van der Waals surface area contributed by atoms with Crippen LogP contribution in [-0.2, 0) is 11.3 Å². The molecule has 0 bridgehead atoms. The molecule has 6 heteroatoms. The maximum absolute atomic E-state index is 11.7. The summed E-state index contributed by atoms with van der Waals surface area (Å²) in [6.07, 6.45) is 0.746. The molecule has 1 aromatic rings. The van der Waals surface area contributed by atoms with Crippen molar-refractivity contribution in [2.75, 3.05) is 13.6 Å². The van der Waals surface area contributed by atoms with Gasteiger partial charge in [0.15, 0.2) is 0 Å². The van der Waals surface area contributed by atoms with E-state index in [0.717, 1.165) is 13.0 Å². The first-order valence-corrected chi connectivity index (χ1v) is 5.80. The lowest BCUT2D eigenvalue weighted by Crippen LogP contribution is -2.36. The molecule has 1 N–H and O–H groups in total. The van der Waals surface area contributed by atoms with Crippen LogP contribution in [-0.4, -0.2) is 35.4 Å². The van der Waals surface area contributed by atoms with Crippen LogP contribution in [0.5, 0.6) is 0 Å². The zero-order chi connectivity index (χ0) is 13.1. The highest BCUT2D eigenvalue weighted by atomic mass is 16.6. The van der Waals surface area contributed by atoms with Gasteiger partial charge in [0, 0.05) is 31.8 Å². The maximum atomic E-state index is 11.7. The van der Waals surface area contributed by atoms with Gasteiger partial charge in [0.25, 0.3) is 5.69 Å². The molecule has 1 aliphatic heterocycles. The highest BCUT2D eigenvalue weighted by Crippen LogP contribution is 2.18. The van der Waals surface area contributed by atoms with Crippen LogP contribution in [0.25, 0.3) is 0 Å². The van der Waals surface area contributed by atoms with E-state index in [2.05, 4.69) is 5.32 Å². The summed E-state index contributed by atoms with van der Waals surface area (Å²) in [4.78, 5) is 23.8. The van der Waals surface area contributed by atoms with Gasteiger partial charge in [-0.3, -0.25) is 14.9 Å². The Hall–Kier alpha value is -1.95. The summed E-state index contributed by atoms with van der Waals surface area (Å²) < 4.78 is 0. The zero-order valence-electron chi connectivity index (χ0n) is 10.1. The Balaban J connectivity index is 2.03. The van der Waals surface area contributed by atoms with Gasteiger partial charge in [-0.2, -0.15) is 0 Å². The number of rotatable bonds is 4. The number of carbonyl (C=O) groups is 1. The van der Waals surface area contributed by atoms with E-state index in [1.807, 2.05) is 0 Å². The molecular weight excluding hydrogens is 234 g/mol. The van der Waals surface area contributed by atoms with Crippen molar-refractivity contribution in [1.82, 2.24) is 10.2 Å². The number of para-hydroxylation sites is 1. The molecule has 1 heterocycles. The minimum atomic E-state index is -0.403. The van der Waals surface area contributed by atoms with Crippen molar-refractivity contribution in [3.63, 3.8) is 0 Å². The number of carbonyl (C=O) groups excluding carboxylic acids is 1. The Bertz CT molecular complexity index is 475. The minimum Gasteiger partial charge on any atom is -0.344 e. The third kappa shape index (κ3) is 2.48. The van der Waals surface area contributed by atoms with Gasteiger partial charge in [0.2, 0.25) is 5.91 Å². The van der Waals surface area contributed by atoms with Crippen molar-refractivity contribution >= 4 is 11.6 Å². The molecule has 0 aromatic heterocycles. The van der Waals surface area contributed by atoms with Crippen molar-refractivity contribution in [2.45, 2.75) is 19.0 Å². The van der Waals surface area contributed by atoms with Crippen molar-refractivity contribution in [1.29, 1.82) is 0 Å². The highest BCUT2D eigenvalue weighted by molar-refractivity contribution is 5.83. The van der Waals surface area contributed by atoms with E-state index in [4.69, 9.17) is 0 Å². The molecule has 0 aliphatic carbocycles. The van der Waals surface area contributed by atoms with Crippen LogP contribution in [0.2, 0.25) is 0 Å². The van der Waals surface area contributed by atoms with Gasteiger partial charge in [-0.25, -0.2) is 0 Å². The number of benzene rings is 1. The number of nitro benzene ring substituents is 1. The third-order valence-corrected chi connectivity index (χ3v) is 3.15. The molecule has 2 rings (SSSR count). The van der Waals surface area contributed by atoms with Crippen LogP contribution in [0.4, 0.5) is 5.69 Å². The van der Waals surface area contributed by atoms with Gasteiger partial charge in [0.05, 0.1) is 11.0 Å². The highest BCUT2D eigenvalue weighted by Gasteiger charge is 2.28. The van der Waals surface area contributed by atoms with Gasteiger partial charge < -0.3 is 10.2 Å². The Morgan fingerprint density at radius 3 is 2.83 bits per heavy atom. The predicted octanol–water partition coefficient (Wildman–Crippen LogP) is 0.915. The average molecular weight is 249 g/mol. The number of hydrogen-bond donors (Lipinski definition) is 1. The SMILES string of the molecule is CN1CCC(NCc2ccccc2[N+](=O)[O-])C1=O. The molecule has 1 fully saturated rings. The minimum absolute atomic E-state index is 0.0496. The van der Waals surface area contributed by atoms with E-state index in [0.29, 0.717) is 12.1 Å². The fourth-order valence-corrected chi connectivity index (χ4v) is 2.08. The Labute approximate surface area is 105 Å². The van der Waals surface area contributed by atoms with Crippen LogP contribution in [0.3, 0.4) is 0 Å². The number of likely N-dealkylation sites (N-methyl/N-ethyl adjacent to an activating group) is 1. The quantitative estimate of drug-likeness (QED) is 0.636. The smallest absolute Gasteiger partial charge is 0.273 e. The van der Waals surface area contributed by atoms with E-state index in [9.17, 15) is 14.9 Å². The normalized spacial score (nSPS) is 19.3. The first kappa shape index (κ1) is 12.5. The summed E-state index contributed by atoms with van der Waals surface area (Å²) in [5.41, 5.74) is 0.689. The number of amides is 1. The van der Waals surface area contributed by atoms with Crippen LogP contribution in [0, 0.1) is 10.1 Å². The van der Waals surface area contributed by atoms with Gasteiger partial charge in [0.1, 0.15) is 0 Å². The molecule has 6 nitrogen and oxygen atoms in total. The van der Waals surface area contributed by atoms with Crippen molar-refractivity contribution < 1.29 is 9.72 Å². The Kier molecular flexibility index (Phi) is 3.57. The molecule has 1 unspecified atom stereocenters. The van der Waals surface area contributed by atoms with Crippen LogP contribution < -0.4 is 5.32 Å². The number of nitro groups is 1. The number of hydrogen-bond acceptors (Lipinski definition) is 4. The maximum Gasteiger partial charge on any atom is 0.273 e. The lowest BCUT2D eigenvalue weighted by molar-refractivity contribution is -0.385. The van der Waals surface area contributed by atoms with Crippen molar-refractivity contribution in [2.24, 2.45) is 0 Å². The molecule has 1 aliphatic rings. The van der Waals surface area contributed by atoms with Gasteiger partial charge >= 0.3 is 0 Å². The van der Waals surface area contributed by atoms with E-state index in [-0.39, 0.29) is 17.6 Å².